The van der Waals surface area contributed by atoms with E-state index in [4.69, 9.17) is 4.74 Å². The van der Waals surface area contributed by atoms with Crippen molar-refractivity contribution in [1.29, 1.82) is 0 Å². The van der Waals surface area contributed by atoms with Gasteiger partial charge in [-0.3, -0.25) is 19.5 Å². The number of ether oxygens (including phenoxy) is 1. The topological polar surface area (TPSA) is 102 Å². The molecule has 3 amide bonds. The van der Waals surface area contributed by atoms with Crippen LogP contribution in [0.1, 0.15) is 45.6 Å². The van der Waals surface area contributed by atoms with Crippen LogP contribution in [0.2, 0.25) is 0 Å². The van der Waals surface area contributed by atoms with Crippen LogP contribution in [0, 0.1) is 5.92 Å². The van der Waals surface area contributed by atoms with Gasteiger partial charge in [0.25, 0.3) is 5.56 Å². The summed E-state index contributed by atoms with van der Waals surface area (Å²) in [6.45, 7) is 4.32. The van der Waals surface area contributed by atoms with Crippen molar-refractivity contribution in [2.24, 2.45) is 5.92 Å². The number of rotatable bonds is 7. The first-order valence-electron chi connectivity index (χ1n) is 10.6. The number of nitrogens with one attached hydrogen (secondary N) is 2. The zero-order chi connectivity index (χ0) is 22.4. The molecule has 9 heteroatoms. The van der Waals surface area contributed by atoms with Crippen LogP contribution in [0.25, 0.3) is 10.9 Å². The number of hydrogen-bond donors (Lipinski definition) is 2. The van der Waals surface area contributed by atoms with Gasteiger partial charge >= 0.3 is 6.03 Å². The van der Waals surface area contributed by atoms with Gasteiger partial charge in [-0.05, 0) is 37.8 Å². The molecule has 1 aromatic heterocycles. The quantitative estimate of drug-likeness (QED) is 0.501. The van der Waals surface area contributed by atoms with Gasteiger partial charge in [-0.15, -0.1) is 0 Å². The highest BCUT2D eigenvalue weighted by atomic mass is 32.2. The molecule has 0 aliphatic heterocycles. The molecule has 0 spiro atoms. The van der Waals surface area contributed by atoms with E-state index in [1.165, 1.54) is 6.42 Å². The lowest BCUT2D eigenvalue weighted by Crippen LogP contribution is -2.48. The Bertz CT molecular complexity index is 993. The Morgan fingerprint density at radius 3 is 2.77 bits per heavy atom. The lowest BCUT2D eigenvalue weighted by Gasteiger charge is -2.29. The fourth-order valence-electron chi connectivity index (χ4n) is 3.96. The first-order chi connectivity index (χ1) is 14.9. The molecule has 3 atom stereocenters. The highest BCUT2D eigenvalue weighted by molar-refractivity contribution is 7.99. The maximum absolute atomic E-state index is 13.0. The molecule has 1 aliphatic rings. The van der Waals surface area contributed by atoms with Crippen molar-refractivity contribution in [1.82, 2.24) is 20.2 Å². The third-order valence-electron chi connectivity index (χ3n) is 5.64. The fourth-order valence-corrected chi connectivity index (χ4v) is 4.86. The van der Waals surface area contributed by atoms with Crippen molar-refractivity contribution in [3.8, 4) is 0 Å². The maximum Gasteiger partial charge on any atom is 0.321 e. The van der Waals surface area contributed by atoms with Gasteiger partial charge in [-0.2, -0.15) is 0 Å². The molecule has 1 heterocycles. The van der Waals surface area contributed by atoms with E-state index in [0.717, 1.165) is 31.0 Å². The average molecular weight is 447 g/mol. The number of carbonyl (C=O) groups excluding carboxylic acids is 2. The molecule has 2 aromatic rings. The molecule has 1 aromatic carbocycles. The Hall–Kier alpha value is -2.39. The van der Waals surface area contributed by atoms with Gasteiger partial charge in [0.2, 0.25) is 5.91 Å². The van der Waals surface area contributed by atoms with E-state index in [1.807, 2.05) is 13.0 Å². The minimum Gasteiger partial charge on any atom is -0.383 e. The molecule has 2 N–H and O–H groups in total. The number of amides is 3. The Morgan fingerprint density at radius 1 is 1.29 bits per heavy atom. The molecule has 1 fully saturated rings. The van der Waals surface area contributed by atoms with Crippen LogP contribution in [-0.4, -0.2) is 47.0 Å². The van der Waals surface area contributed by atoms with Crippen LogP contribution >= 0.6 is 11.8 Å². The molecule has 3 rings (SSSR count). The molecular formula is C22H30N4O4S. The van der Waals surface area contributed by atoms with Crippen molar-refractivity contribution < 1.29 is 14.3 Å². The van der Waals surface area contributed by atoms with E-state index in [2.05, 4.69) is 22.5 Å². The molecule has 168 valence electrons. The lowest BCUT2D eigenvalue weighted by molar-refractivity contribution is -0.117. The molecule has 1 aliphatic carbocycles. The van der Waals surface area contributed by atoms with Crippen LogP contribution in [0.5, 0.6) is 0 Å². The fraction of sp³-hybridized carbons (Fsp3) is 0.545. The maximum atomic E-state index is 13.0. The summed E-state index contributed by atoms with van der Waals surface area (Å²) >= 11 is 1.13. The van der Waals surface area contributed by atoms with Gasteiger partial charge in [0.05, 0.1) is 29.3 Å². The summed E-state index contributed by atoms with van der Waals surface area (Å²) < 4.78 is 6.76. The molecule has 31 heavy (non-hydrogen) atoms. The van der Waals surface area contributed by atoms with Gasteiger partial charge in [0.15, 0.2) is 5.16 Å². The first kappa shape index (κ1) is 23.3. The summed E-state index contributed by atoms with van der Waals surface area (Å²) in [6, 6.07) is 6.48. The minimum atomic E-state index is -0.471. The van der Waals surface area contributed by atoms with Crippen molar-refractivity contribution in [2.75, 3.05) is 19.5 Å². The van der Waals surface area contributed by atoms with E-state index in [9.17, 15) is 14.4 Å². The molecule has 0 saturated heterocycles. The number of nitrogens with zero attached hydrogens (tertiary/aromatic N) is 2. The number of carbonyl (C=O) groups is 2. The van der Waals surface area contributed by atoms with Crippen LogP contribution in [0.15, 0.2) is 34.2 Å². The number of hydrogen-bond acceptors (Lipinski definition) is 6. The standard InChI is InChI=1S/C22H30N4O4S/c1-14-8-4-6-10-17(14)23-21(29)25-19(27)13-31-22-24-18-11-7-5-9-16(18)20(28)26(22)15(2)12-30-3/h5,7,9,11,14-15,17H,4,6,8,10,12-13H2,1-3H3,(H2,23,25,27,29)/t14-,15-,17-/m0/s1. The number of para-hydroxylation sites is 1. The molecular weight excluding hydrogens is 416 g/mol. The van der Waals surface area contributed by atoms with Crippen LogP contribution in [-0.2, 0) is 9.53 Å². The second-order valence-electron chi connectivity index (χ2n) is 8.07. The molecule has 0 unspecified atom stereocenters. The van der Waals surface area contributed by atoms with Gasteiger partial charge in [0.1, 0.15) is 0 Å². The summed E-state index contributed by atoms with van der Waals surface area (Å²) in [7, 11) is 1.57. The second-order valence-corrected chi connectivity index (χ2v) is 9.01. The molecule has 1 saturated carbocycles. The third kappa shape index (κ3) is 5.86. The van der Waals surface area contributed by atoms with Crippen molar-refractivity contribution >= 4 is 34.6 Å². The highest BCUT2D eigenvalue weighted by Crippen LogP contribution is 2.24. The number of aromatic nitrogens is 2. The predicted molar refractivity (Wildman–Crippen MR) is 121 cm³/mol. The Kier molecular flexibility index (Phi) is 8.09. The van der Waals surface area contributed by atoms with Crippen molar-refractivity contribution in [2.45, 2.75) is 56.8 Å². The van der Waals surface area contributed by atoms with Crippen LogP contribution in [0.4, 0.5) is 4.79 Å². The summed E-state index contributed by atoms with van der Waals surface area (Å²) in [5, 5.41) is 6.24. The number of urea groups is 1. The van der Waals surface area contributed by atoms with Gasteiger partial charge in [-0.25, -0.2) is 9.78 Å². The largest absolute Gasteiger partial charge is 0.383 e. The van der Waals surface area contributed by atoms with Crippen LogP contribution < -0.4 is 16.2 Å². The monoisotopic (exact) mass is 446 g/mol. The van der Waals surface area contributed by atoms with E-state index in [0.29, 0.717) is 28.6 Å². The normalized spacial score (nSPS) is 19.7. The van der Waals surface area contributed by atoms with E-state index >= 15 is 0 Å². The zero-order valence-corrected chi connectivity index (χ0v) is 19.0. The van der Waals surface area contributed by atoms with E-state index < -0.39 is 11.9 Å². The number of thioether (sulfide) groups is 1. The van der Waals surface area contributed by atoms with E-state index in [1.54, 1.807) is 29.9 Å². The number of imide groups is 1. The highest BCUT2D eigenvalue weighted by Gasteiger charge is 2.24. The molecule has 8 nitrogen and oxygen atoms in total. The van der Waals surface area contributed by atoms with Gasteiger partial charge in [0, 0.05) is 13.2 Å². The van der Waals surface area contributed by atoms with Gasteiger partial charge < -0.3 is 10.1 Å². The number of methoxy groups -OCH3 is 1. The molecule has 0 radical (unpaired) electrons. The van der Waals surface area contributed by atoms with E-state index in [-0.39, 0.29) is 23.4 Å². The average Bonchev–Trinajstić information content (AvgIpc) is 2.74. The lowest BCUT2D eigenvalue weighted by atomic mass is 9.86. The molecule has 0 bridgehead atoms. The minimum absolute atomic E-state index is 0.0296. The summed E-state index contributed by atoms with van der Waals surface area (Å²) in [5.74, 6) is -0.0558. The third-order valence-corrected chi connectivity index (χ3v) is 6.59. The zero-order valence-electron chi connectivity index (χ0n) is 18.2. The summed E-state index contributed by atoms with van der Waals surface area (Å²) in [6.07, 6.45) is 4.28. The summed E-state index contributed by atoms with van der Waals surface area (Å²) in [5.41, 5.74) is 0.391. The summed E-state index contributed by atoms with van der Waals surface area (Å²) in [4.78, 5) is 42.2. The Morgan fingerprint density at radius 2 is 2.03 bits per heavy atom. The predicted octanol–water partition coefficient (Wildman–Crippen LogP) is 3.10. The number of benzene rings is 1. The van der Waals surface area contributed by atoms with Crippen molar-refractivity contribution in [3.63, 3.8) is 0 Å². The second kappa shape index (κ2) is 10.8. The first-order valence-corrected chi connectivity index (χ1v) is 11.6. The smallest absolute Gasteiger partial charge is 0.321 e. The SMILES string of the molecule is COC[C@H](C)n1c(SCC(=O)NC(=O)N[C@H]2CCCC[C@@H]2C)nc2ccccc2c1=O. The van der Waals surface area contributed by atoms with Crippen molar-refractivity contribution in [3.05, 3.63) is 34.6 Å². The van der Waals surface area contributed by atoms with Crippen LogP contribution in [0.3, 0.4) is 0 Å². The Labute approximate surface area is 186 Å². The number of fused-ring (bicyclic) bond motifs is 1. The van der Waals surface area contributed by atoms with Gasteiger partial charge in [-0.1, -0.05) is 43.7 Å². The Balaban J connectivity index is 1.69.